The summed E-state index contributed by atoms with van der Waals surface area (Å²) in [4.78, 5) is 16.5. The number of rotatable bonds is 4. The largest absolute Gasteiger partial charge is 0.339 e. The summed E-state index contributed by atoms with van der Waals surface area (Å²) in [6.07, 6.45) is 4.24. The number of carbonyl (C=O) groups is 1. The van der Waals surface area contributed by atoms with Crippen LogP contribution in [0.2, 0.25) is 0 Å². The van der Waals surface area contributed by atoms with E-state index < -0.39 is 5.92 Å². The molecule has 1 heterocycles. The van der Waals surface area contributed by atoms with E-state index in [-0.39, 0.29) is 5.91 Å². The zero-order valence-corrected chi connectivity index (χ0v) is 10.6. The van der Waals surface area contributed by atoms with E-state index in [2.05, 4.69) is 11.0 Å². The molecule has 17 heavy (non-hydrogen) atoms. The van der Waals surface area contributed by atoms with Crippen LogP contribution in [0.5, 0.6) is 0 Å². The summed E-state index contributed by atoms with van der Waals surface area (Å²) in [5.74, 6) is -0.378. The van der Waals surface area contributed by atoms with Crippen LogP contribution in [0, 0.1) is 17.2 Å². The lowest BCUT2D eigenvalue weighted by molar-refractivity contribution is -0.135. The fourth-order valence-electron chi connectivity index (χ4n) is 2.50. The van der Waals surface area contributed by atoms with Crippen molar-refractivity contribution >= 4 is 5.91 Å². The van der Waals surface area contributed by atoms with E-state index in [0.717, 1.165) is 38.6 Å². The van der Waals surface area contributed by atoms with Gasteiger partial charge in [0.05, 0.1) is 6.07 Å². The average Bonchev–Trinajstić information content (AvgIpc) is 3.19. The van der Waals surface area contributed by atoms with Crippen molar-refractivity contribution < 1.29 is 4.79 Å². The molecule has 1 saturated heterocycles. The van der Waals surface area contributed by atoms with E-state index in [1.165, 1.54) is 12.8 Å². The fraction of sp³-hybridized carbons (Fsp3) is 0.846. The van der Waals surface area contributed by atoms with E-state index in [4.69, 9.17) is 5.26 Å². The van der Waals surface area contributed by atoms with Crippen LogP contribution in [-0.2, 0) is 4.79 Å². The third-order valence-electron chi connectivity index (χ3n) is 3.72. The molecule has 0 aromatic rings. The van der Waals surface area contributed by atoms with Crippen LogP contribution < -0.4 is 0 Å². The van der Waals surface area contributed by atoms with E-state index in [0.29, 0.717) is 6.42 Å². The summed E-state index contributed by atoms with van der Waals surface area (Å²) in [6.45, 7) is 5.60. The summed E-state index contributed by atoms with van der Waals surface area (Å²) in [5.41, 5.74) is 0. The van der Waals surface area contributed by atoms with Crippen LogP contribution >= 0.6 is 0 Å². The van der Waals surface area contributed by atoms with Gasteiger partial charge in [0.2, 0.25) is 5.91 Å². The lowest BCUT2D eigenvalue weighted by Gasteiger charge is -2.35. The van der Waals surface area contributed by atoms with Crippen molar-refractivity contribution in [3.05, 3.63) is 0 Å². The molecule has 1 saturated carbocycles. The van der Waals surface area contributed by atoms with Gasteiger partial charge in [-0.1, -0.05) is 13.3 Å². The quantitative estimate of drug-likeness (QED) is 0.736. The Labute approximate surface area is 103 Å². The molecule has 4 nitrogen and oxygen atoms in total. The lowest BCUT2D eigenvalue weighted by atomic mass is 10.0. The number of carbonyl (C=O) groups excluding carboxylic acids is 1. The van der Waals surface area contributed by atoms with Crippen LogP contribution in [0.3, 0.4) is 0 Å². The van der Waals surface area contributed by atoms with Gasteiger partial charge in [0.15, 0.2) is 0 Å². The Balaban J connectivity index is 1.82. The predicted octanol–water partition coefficient (Wildman–Crippen LogP) is 1.23. The highest BCUT2D eigenvalue weighted by atomic mass is 16.2. The number of amides is 1. The second-order valence-electron chi connectivity index (χ2n) is 5.06. The third-order valence-corrected chi connectivity index (χ3v) is 3.72. The second-order valence-corrected chi connectivity index (χ2v) is 5.06. The van der Waals surface area contributed by atoms with Crippen LogP contribution in [0.4, 0.5) is 0 Å². The topological polar surface area (TPSA) is 47.3 Å². The Morgan fingerprint density at radius 1 is 1.35 bits per heavy atom. The molecule has 2 rings (SSSR count). The van der Waals surface area contributed by atoms with Crippen LogP contribution in [0.1, 0.15) is 32.6 Å². The summed E-state index contributed by atoms with van der Waals surface area (Å²) in [5, 5.41) is 9.00. The van der Waals surface area contributed by atoms with Crippen LogP contribution in [0.15, 0.2) is 0 Å². The second kappa shape index (κ2) is 5.50. The molecule has 0 aromatic carbocycles. The van der Waals surface area contributed by atoms with E-state index in [1.807, 2.05) is 11.8 Å². The van der Waals surface area contributed by atoms with Gasteiger partial charge in [-0.25, -0.2) is 0 Å². The van der Waals surface area contributed by atoms with Gasteiger partial charge in [0.1, 0.15) is 5.92 Å². The maximum Gasteiger partial charge on any atom is 0.240 e. The Kier molecular flexibility index (Phi) is 4.01. The summed E-state index contributed by atoms with van der Waals surface area (Å²) in [7, 11) is 0. The number of nitriles is 1. The molecule has 0 N–H and O–H groups in total. The molecule has 1 aliphatic carbocycles. The van der Waals surface area contributed by atoms with Gasteiger partial charge >= 0.3 is 0 Å². The fourth-order valence-corrected chi connectivity index (χ4v) is 2.50. The highest BCUT2D eigenvalue weighted by molar-refractivity contribution is 5.81. The summed E-state index contributed by atoms with van der Waals surface area (Å²) >= 11 is 0. The third kappa shape index (κ3) is 2.98. The summed E-state index contributed by atoms with van der Waals surface area (Å²) in [6, 6.07) is 2.93. The molecule has 1 unspecified atom stereocenters. The molecule has 1 amide bonds. The molecule has 0 radical (unpaired) electrons. The first-order valence-electron chi connectivity index (χ1n) is 6.68. The van der Waals surface area contributed by atoms with Gasteiger partial charge in [0, 0.05) is 32.2 Å². The molecule has 2 fully saturated rings. The highest BCUT2D eigenvalue weighted by Gasteiger charge is 2.33. The first-order valence-corrected chi connectivity index (χ1v) is 6.68. The highest BCUT2D eigenvalue weighted by Crippen LogP contribution is 2.27. The van der Waals surface area contributed by atoms with Crippen molar-refractivity contribution in [2.75, 3.05) is 26.2 Å². The molecule has 1 atom stereocenters. The minimum absolute atomic E-state index is 0.0461. The van der Waals surface area contributed by atoms with E-state index in [9.17, 15) is 4.79 Å². The van der Waals surface area contributed by atoms with Gasteiger partial charge < -0.3 is 4.90 Å². The van der Waals surface area contributed by atoms with Crippen molar-refractivity contribution in [1.82, 2.24) is 9.80 Å². The van der Waals surface area contributed by atoms with Crippen molar-refractivity contribution in [3.8, 4) is 6.07 Å². The molecule has 0 aromatic heterocycles. The van der Waals surface area contributed by atoms with Gasteiger partial charge in [-0.05, 0) is 19.3 Å². The van der Waals surface area contributed by atoms with Gasteiger partial charge in [-0.15, -0.1) is 0 Å². The standard InChI is InChI=1S/C13H21N3O/c1-2-3-11(10-14)13(17)16-8-6-15(7-9-16)12-4-5-12/h11-12H,2-9H2,1H3. The SMILES string of the molecule is CCCC(C#N)C(=O)N1CCN(C2CC2)CC1. The van der Waals surface area contributed by atoms with Crippen molar-refractivity contribution in [2.45, 2.75) is 38.6 Å². The number of hydrogen-bond donors (Lipinski definition) is 0. The maximum absolute atomic E-state index is 12.1. The minimum atomic E-state index is -0.424. The Bertz CT molecular complexity index is 311. The van der Waals surface area contributed by atoms with Crippen LogP contribution in [0.25, 0.3) is 0 Å². The normalized spacial score (nSPS) is 23.2. The zero-order valence-electron chi connectivity index (χ0n) is 10.6. The lowest BCUT2D eigenvalue weighted by Crippen LogP contribution is -2.50. The molecule has 94 valence electrons. The molecular weight excluding hydrogens is 214 g/mol. The van der Waals surface area contributed by atoms with Gasteiger partial charge in [-0.2, -0.15) is 5.26 Å². The average molecular weight is 235 g/mol. The molecule has 4 heteroatoms. The zero-order chi connectivity index (χ0) is 12.3. The van der Waals surface area contributed by atoms with Crippen molar-refractivity contribution in [3.63, 3.8) is 0 Å². The monoisotopic (exact) mass is 235 g/mol. The van der Waals surface area contributed by atoms with Gasteiger partial charge in [0.25, 0.3) is 0 Å². The molecule has 1 aliphatic heterocycles. The number of nitrogens with zero attached hydrogens (tertiary/aromatic N) is 3. The number of hydrogen-bond acceptors (Lipinski definition) is 3. The molecule has 0 spiro atoms. The van der Waals surface area contributed by atoms with Crippen LogP contribution in [-0.4, -0.2) is 47.9 Å². The van der Waals surface area contributed by atoms with Gasteiger partial charge in [-0.3, -0.25) is 9.69 Å². The number of piperazine rings is 1. The summed E-state index contributed by atoms with van der Waals surface area (Å²) < 4.78 is 0. The Morgan fingerprint density at radius 3 is 2.47 bits per heavy atom. The Morgan fingerprint density at radius 2 is 2.00 bits per heavy atom. The molecular formula is C13H21N3O. The van der Waals surface area contributed by atoms with E-state index in [1.54, 1.807) is 0 Å². The maximum atomic E-state index is 12.1. The Hall–Kier alpha value is -1.08. The van der Waals surface area contributed by atoms with E-state index >= 15 is 0 Å². The molecule has 2 aliphatic rings. The van der Waals surface area contributed by atoms with Crippen molar-refractivity contribution in [2.24, 2.45) is 5.92 Å². The predicted molar refractivity (Wildman–Crippen MR) is 65.2 cm³/mol. The first kappa shape index (κ1) is 12.4. The smallest absolute Gasteiger partial charge is 0.240 e. The first-order chi connectivity index (χ1) is 8.26. The van der Waals surface area contributed by atoms with Crippen molar-refractivity contribution in [1.29, 1.82) is 5.26 Å². The minimum Gasteiger partial charge on any atom is -0.339 e. The molecule has 0 bridgehead atoms.